The molecule has 176 valence electrons. The Morgan fingerprint density at radius 2 is 1.81 bits per heavy atom. The minimum absolute atomic E-state index is 0.0593. The van der Waals surface area contributed by atoms with Crippen LogP contribution in [0.15, 0.2) is 27.8 Å². The molecular weight excluding hydrogens is 433 g/mol. The van der Waals surface area contributed by atoms with Crippen molar-refractivity contribution in [2.45, 2.75) is 59.1 Å². The molecule has 2 N–H and O–H groups in total. The molecule has 0 aromatic carbocycles. The number of aliphatic hydroxyl groups is 1. The zero-order valence-electron chi connectivity index (χ0n) is 18.1. The van der Waals surface area contributed by atoms with E-state index >= 15 is 0 Å². The van der Waals surface area contributed by atoms with Crippen LogP contribution in [0.5, 0.6) is 0 Å². The Kier molecular flexibility index (Phi) is 7.50. The van der Waals surface area contributed by atoms with E-state index in [9.17, 15) is 27.6 Å². The molecule has 0 saturated heterocycles. The van der Waals surface area contributed by atoms with Gasteiger partial charge in [0.25, 0.3) is 5.56 Å². The van der Waals surface area contributed by atoms with E-state index < -0.39 is 41.4 Å². The minimum Gasteiger partial charge on any atom is -0.444 e. The summed E-state index contributed by atoms with van der Waals surface area (Å²) in [5.41, 5.74) is -3.34. The average molecular weight is 458 g/mol. The standard InChI is InChI=1S/C20H25F3N4O5/c1-12-7-16(29)27(18(31)26(12)5-6-28)11-14-8-13(9-15(25-14)20(21,22)23)10-24-17(30)32-19(2,3)4/h7-9,28H,5-6,10-11H2,1-4H3,(H,24,30). The van der Waals surface area contributed by atoms with Gasteiger partial charge in [-0.1, -0.05) is 0 Å². The Morgan fingerprint density at radius 3 is 2.38 bits per heavy atom. The number of carbonyl (C=O) groups excluding carboxylic acids is 1. The van der Waals surface area contributed by atoms with Crippen molar-refractivity contribution in [1.82, 2.24) is 19.4 Å². The molecule has 0 aliphatic carbocycles. The third kappa shape index (κ3) is 6.67. The van der Waals surface area contributed by atoms with Gasteiger partial charge in [0.05, 0.1) is 25.4 Å². The number of pyridine rings is 1. The number of hydrogen-bond donors (Lipinski definition) is 2. The highest BCUT2D eigenvalue weighted by molar-refractivity contribution is 5.67. The summed E-state index contributed by atoms with van der Waals surface area (Å²) in [6.45, 7) is 5.18. The molecule has 0 saturated carbocycles. The summed E-state index contributed by atoms with van der Waals surface area (Å²) in [5, 5.41) is 11.5. The fraction of sp³-hybridized carbons (Fsp3) is 0.500. The summed E-state index contributed by atoms with van der Waals surface area (Å²) in [6.07, 6.45) is -5.60. The van der Waals surface area contributed by atoms with E-state index in [1.165, 1.54) is 13.0 Å². The van der Waals surface area contributed by atoms with E-state index in [1.807, 2.05) is 0 Å². The van der Waals surface area contributed by atoms with Crippen molar-refractivity contribution >= 4 is 6.09 Å². The van der Waals surface area contributed by atoms with Crippen molar-refractivity contribution < 1.29 is 27.8 Å². The van der Waals surface area contributed by atoms with Crippen LogP contribution in [0.1, 0.15) is 43.4 Å². The number of aliphatic hydroxyl groups excluding tert-OH is 1. The lowest BCUT2D eigenvalue weighted by molar-refractivity contribution is -0.141. The normalized spacial score (nSPS) is 12.0. The van der Waals surface area contributed by atoms with E-state index in [4.69, 9.17) is 9.84 Å². The van der Waals surface area contributed by atoms with Crippen molar-refractivity contribution in [2.24, 2.45) is 0 Å². The van der Waals surface area contributed by atoms with Gasteiger partial charge in [-0.05, 0) is 45.4 Å². The summed E-state index contributed by atoms with van der Waals surface area (Å²) in [6, 6.07) is 3.17. The largest absolute Gasteiger partial charge is 0.444 e. The molecule has 1 amide bonds. The van der Waals surface area contributed by atoms with Gasteiger partial charge in [0, 0.05) is 18.3 Å². The number of carbonyl (C=O) groups is 1. The van der Waals surface area contributed by atoms with Crippen LogP contribution in [0.3, 0.4) is 0 Å². The van der Waals surface area contributed by atoms with Crippen molar-refractivity contribution in [3.05, 3.63) is 61.7 Å². The van der Waals surface area contributed by atoms with Crippen LogP contribution in [0.2, 0.25) is 0 Å². The summed E-state index contributed by atoms with van der Waals surface area (Å²) < 4.78 is 47.0. The number of alkyl halides is 3. The SMILES string of the molecule is Cc1cc(=O)n(Cc2cc(CNC(=O)OC(C)(C)C)cc(C(F)(F)F)n2)c(=O)n1CCO. The van der Waals surface area contributed by atoms with Crippen LogP contribution in [-0.2, 0) is 30.5 Å². The zero-order chi connectivity index (χ0) is 24.3. The van der Waals surface area contributed by atoms with Gasteiger partial charge in [-0.25, -0.2) is 14.6 Å². The Bertz CT molecular complexity index is 1100. The molecule has 0 fully saturated rings. The van der Waals surface area contributed by atoms with Crippen molar-refractivity contribution in [2.75, 3.05) is 6.61 Å². The van der Waals surface area contributed by atoms with Gasteiger partial charge in [0.2, 0.25) is 0 Å². The maximum Gasteiger partial charge on any atom is 0.433 e. The molecule has 0 radical (unpaired) electrons. The Labute approximate surface area is 181 Å². The molecule has 0 atom stereocenters. The number of aromatic nitrogens is 3. The fourth-order valence-corrected chi connectivity index (χ4v) is 2.87. The van der Waals surface area contributed by atoms with E-state index in [0.29, 0.717) is 5.69 Å². The second-order valence-corrected chi connectivity index (χ2v) is 8.07. The fourth-order valence-electron chi connectivity index (χ4n) is 2.87. The van der Waals surface area contributed by atoms with Crippen molar-refractivity contribution in [1.29, 1.82) is 0 Å². The van der Waals surface area contributed by atoms with Gasteiger partial charge >= 0.3 is 18.0 Å². The predicted octanol–water partition coefficient (Wildman–Crippen LogP) is 1.80. The summed E-state index contributed by atoms with van der Waals surface area (Å²) in [4.78, 5) is 40.3. The first-order valence-corrected chi connectivity index (χ1v) is 9.67. The average Bonchev–Trinajstić information content (AvgIpc) is 2.64. The number of ether oxygens (including phenoxy) is 1. The molecular formula is C20H25F3N4O5. The topological polar surface area (TPSA) is 115 Å². The molecule has 2 aromatic heterocycles. The predicted molar refractivity (Wildman–Crippen MR) is 108 cm³/mol. The molecule has 0 spiro atoms. The summed E-state index contributed by atoms with van der Waals surface area (Å²) in [5.74, 6) is 0. The van der Waals surface area contributed by atoms with Gasteiger partial charge in [-0.3, -0.25) is 13.9 Å². The lowest BCUT2D eigenvalue weighted by Gasteiger charge is -2.20. The quantitative estimate of drug-likeness (QED) is 0.682. The third-order valence-corrected chi connectivity index (χ3v) is 4.19. The lowest BCUT2D eigenvalue weighted by atomic mass is 10.1. The molecule has 0 aliphatic heterocycles. The number of nitrogens with zero attached hydrogens (tertiary/aromatic N) is 3. The first kappa shape index (κ1) is 25.1. The van der Waals surface area contributed by atoms with E-state index in [-0.39, 0.29) is 31.0 Å². The van der Waals surface area contributed by atoms with Gasteiger partial charge < -0.3 is 15.2 Å². The molecule has 2 rings (SSSR count). The monoisotopic (exact) mass is 458 g/mol. The first-order valence-electron chi connectivity index (χ1n) is 9.67. The van der Waals surface area contributed by atoms with Crippen LogP contribution < -0.4 is 16.6 Å². The van der Waals surface area contributed by atoms with E-state index in [1.54, 1.807) is 20.8 Å². The van der Waals surface area contributed by atoms with Crippen molar-refractivity contribution in [3.63, 3.8) is 0 Å². The number of aryl methyl sites for hydroxylation is 1. The Hall–Kier alpha value is -3.15. The molecule has 32 heavy (non-hydrogen) atoms. The number of alkyl carbamates (subject to hydrolysis) is 1. The summed E-state index contributed by atoms with van der Waals surface area (Å²) >= 11 is 0. The smallest absolute Gasteiger partial charge is 0.433 e. The number of rotatable bonds is 6. The number of amides is 1. The molecule has 0 bridgehead atoms. The molecule has 12 heteroatoms. The zero-order valence-corrected chi connectivity index (χ0v) is 18.1. The van der Waals surface area contributed by atoms with Crippen molar-refractivity contribution in [3.8, 4) is 0 Å². The van der Waals surface area contributed by atoms with Crippen LogP contribution >= 0.6 is 0 Å². The highest BCUT2D eigenvalue weighted by Gasteiger charge is 2.33. The minimum atomic E-state index is -4.79. The molecule has 0 aliphatic rings. The van der Waals surface area contributed by atoms with Crippen LogP contribution in [0.4, 0.5) is 18.0 Å². The van der Waals surface area contributed by atoms with Gasteiger partial charge in [-0.15, -0.1) is 0 Å². The molecule has 2 aromatic rings. The third-order valence-electron chi connectivity index (χ3n) is 4.19. The molecule has 9 nitrogen and oxygen atoms in total. The number of halogens is 3. The Balaban J connectivity index is 2.41. The molecule has 2 heterocycles. The van der Waals surface area contributed by atoms with Crippen LogP contribution in [-0.4, -0.2) is 37.5 Å². The van der Waals surface area contributed by atoms with Gasteiger partial charge in [0.15, 0.2) is 0 Å². The number of nitrogens with one attached hydrogen (secondary N) is 1. The maximum atomic E-state index is 13.3. The Morgan fingerprint density at radius 1 is 1.16 bits per heavy atom. The van der Waals surface area contributed by atoms with Crippen LogP contribution in [0, 0.1) is 6.92 Å². The van der Waals surface area contributed by atoms with E-state index in [2.05, 4.69) is 10.3 Å². The van der Waals surface area contributed by atoms with Crippen LogP contribution in [0.25, 0.3) is 0 Å². The maximum absolute atomic E-state index is 13.3. The molecule has 0 unspecified atom stereocenters. The van der Waals surface area contributed by atoms with E-state index in [0.717, 1.165) is 21.3 Å². The highest BCUT2D eigenvalue weighted by Crippen LogP contribution is 2.28. The first-order chi connectivity index (χ1) is 14.7. The number of hydrogen-bond acceptors (Lipinski definition) is 6. The second-order valence-electron chi connectivity index (χ2n) is 8.07. The van der Waals surface area contributed by atoms with Gasteiger partial charge in [0.1, 0.15) is 11.3 Å². The van der Waals surface area contributed by atoms with Gasteiger partial charge in [-0.2, -0.15) is 13.2 Å². The lowest BCUT2D eigenvalue weighted by Crippen LogP contribution is -2.41. The highest BCUT2D eigenvalue weighted by atomic mass is 19.4. The second kappa shape index (κ2) is 9.55. The summed E-state index contributed by atoms with van der Waals surface area (Å²) in [7, 11) is 0.